The van der Waals surface area contributed by atoms with E-state index in [4.69, 9.17) is 0 Å². The van der Waals surface area contributed by atoms with Crippen LogP contribution in [-0.2, 0) is 6.54 Å². The van der Waals surface area contributed by atoms with Gasteiger partial charge in [-0.25, -0.2) is 0 Å². The van der Waals surface area contributed by atoms with Crippen LogP contribution < -0.4 is 5.32 Å². The van der Waals surface area contributed by atoms with Crippen molar-refractivity contribution in [2.75, 3.05) is 13.1 Å². The lowest BCUT2D eigenvalue weighted by molar-refractivity contribution is 0.325. The molecule has 0 spiro atoms. The van der Waals surface area contributed by atoms with Gasteiger partial charge in [0.15, 0.2) is 0 Å². The fraction of sp³-hybridized carbons (Fsp3) is 0.700. The maximum absolute atomic E-state index is 4.30. The quantitative estimate of drug-likeness (QED) is 0.813. The van der Waals surface area contributed by atoms with Gasteiger partial charge in [0, 0.05) is 12.7 Å². The van der Waals surface area contributed by atoms with Crippen LogP contribution in [0.2, 0.25) is 0 Å². The smallest absolute Gasteiger partial charge is 0.0518 e. The van der Waals surface area contributed by atoms with Crippen molar-refractivity contribution < 1.29 is 0 Å². The third kappa shape index (κ3) is 3.00. The highest BCUT2D eigenvalue weighted by Crippen LogP contribution is 2.12. The highest BCUT2D eigenvalue weighted by atomic mass is 35.5. The van der Waals surface area contributed by atoms with E-state index in [9.17, 15) is 0 Å². The molecule has 2 heterocycles. The van der Waals surface area contributed by atoms with Gasteiger partial charge in [-0.15, -0.1) is 12.4 Å². The van der Waals surface area contributed by atoms with Crippen molar-refractivity contribution in [2.45, 2.75) is 26.3 Å². The SMILES string of the molecule is Cc1cnn(CC2CCCNC2)c1.Cl. The zero-order valence-corrected chi connectivity index (χ0v) is 9.39. The van der Waals surface area contributed by atoms with E-state index >= 15 is 0 Å². The number of aryl methyl sites for hydroxylation is 1. The van der Waals surface area contributed by atoms with Gasteiger partial charge in [0.2, 0.25) is 0 Å². The Morgan fingerprint density at radius 2 is 2.50 bits per heavy atom. The highest BCUT2D eigenvalue weighted by molar-refractivity contribution is 5.85. The van der Waals surface area contributed by atoms with Gasteiger partial charge in [-0.1, -0.05) is 0 Å². The minimum atomic E-state index is 0. The van der Waals surface area contributed by atoms with Crippen LogP contribution in [0.4, 0.5) is 0 Å². The van der Waals surface area contributed by atoms with Crippen molar-refractivity contribution in [3.8, 4) is 0 Å². The molecular formula is C10H18ClN3. The first-order valence-corrected chi connectivity index (χ1v) is 5.04. The monoisotopic (exact) mass is 215 g/mol. The number of aromatic nitrogens is 2. The van der Waals surface area contributed by atoms with Crippen molar-refractivity contribution in [3.63, 3.8) is 0 Å². The Morgan fingerprint density at radius 3 is 3.07 bits per heavy atom. The van der Waals surface area contributed by atoms with Gasteiger partial charge in [-0.2, -0.15) is 5.10 Å². The molecule has 4 heteroatoms. The van der Waals surface area contributed by atoms with Crippen LogP contribution in [-0.4, -0.2) is 22.9 Å². The molecule has 1 aromatic rings. The summed E-state index contributed by atoms with van der Waals surface area (Å²) < 4.78 is 2.06. The molecule has 14 heavy (non-hydrogen) atoms. The Kier molecular flexibility index (Phi) is 4.42. The van der Waals surface area contributed by atoms with Gasteiger partial charge in [0.05, 0.1) is 6.20 Å². The fourth-order valence-corrected chi connectivity index (χ4v) is 1.91. The molecule has 1 aliphatic heterocycles. The summed E-state index contributed by atoms with van der Waals surface area (Å²) >= 11 is 0. The summed E-state index contributed by atoms with van der Waals surface area (Å²) in [4.78, 5) is 0. The molecule has 3 nitrogen and oxygen atoms in total. The molecule has 0 aliphatic carbocycles. The number of nitrogens with zero attached hydrogens (tertiary/aromatic N) is 2. The van der Waals surface area contributed by atoms with E-state index in [1.807, 2.05) is 6.20 Å². The second-order valence-electron chi connectivity index (χ2n) is 3.95. The molecular weight excluding hydrogens is 198 g/mol. The molecule has 1 aliphatic rings. The van der Waals surface area contributed by atoms with E-state index in [1.165, 1.54) is 24.9 Å². The largest absolute Gasteiger partial charge is 0.316 e. The topological polar surface area (TPSA) is 29.9 Å². The standard InChI is InChI=1S/C10H17N3.ClH/c1-9-5-12-13(7-9)8-10-3-2-4-11-6-10;/h5,7,10-11H,2-4,6,8H2,1H3;1H. The van der Waals surface area contributed by atoms with Crippen LogP contribution in [0.15, 0.2) is 12.4 Å². The summed E-state index contributed by atoms with van der Waals surface area (Å²) in [6, 6.07) is 0. The minimum Gasteiger partial charge on any atom is -0.316 e. The molecule has 80 valence electrons. The van der Waals surface area contributed by atoms with Crippen LogP contribution in [0.25, 0.3) is 0 Å². The van der Waals surface area contributed by atoms with Crippen molar-refractivity contribution in [2.24, 2.45) is 5.92 Å². The second kappa shape index (κ2) is 5.37. The Balaban J connectivity index is 0.000000980. The average molecular weight is 216 g/mol. The van der Waals surface area contributed by atoms with Gasteiger partial charge in [0.1, 0.15) is 0 Å². The molecule has 0 bridgehead atoms. The summed E-state index contributed by atoms with van der Waals surface area (Å²) in [5.41, 5.74) is 1.25. The lowest BCUT2D eigenvalue weighted by Crippen LogP contribution is -2.32. The molecule has 2 rings (SSSR count). The minimum absolute atomic E-state index is 0. The maximum Gasteiger partial charge on any atom is 0.0518 e. The molecule has 0 saturated carbocycles. The molecule has 0 radical (unpaired) electrons. The summed E-state index contributed by atoms with van der Waals surface area (Å²) in [6.45, 7) is 5.50. The molecule has 0 aromatic carbocycles. The Morgan fingerprint density at radius 1 is 1.64 bits per heavy atom. The Labute approximate surface area is 91.3 Å². The predicted octanol–water partition coefficient (Wildman–Crippen LogP) is 1.61. The van der Waals surface area contributed by atoms with Crippen molar-refractivity contribution in [1.82, 2.24) is 15.1 Å². The van der Waals surface area contributed by atoms with E-state index in [0.29, 0.717) is 0 Å². The normalized spacial score (nSPS) is 21.6. The number of halogens is 1. The van der Waals surface area contributed by atoms with Crippen LogP contribution in [0, 0.1) is 12.8 Å². The van der Waals surface area contributed by atoms with Gasteiger partial charge in [0.25, 0.3) is 0 Å². The molecule has 1 aromatic heterocycles. The third-order valence-electron chi connectivity index (χ3n) is 2.61. The van der Waals surface area contributed by atoms with E-state index in [1.54, 1.807) is 0 Å². The van der Waals surface area contributed by atoms with Gasteiger partial charge in [-0.3, -0.25) is 4.68 Å². The number of rotatable bonds is 2. The molecule has 0 amide bonds. The van der Waals surface area contributed by atoms with Crippen LogP contribution in [0.3, 0.4) is 0 Å². The summed E-state index contributed by atoms with van der Waals surface area (Å²) in [5.74, 6) is 0.771. The Hall–Kier alpha value is -0.540. The van der Waals surface area contributed by atoms with Crippen molar-refractivity contribution >= 4 is 12.4 Å². The number of piperidine rings is 1. The second-order valence-corrected chi connectivity index (χ2v) is 3.95. The van der Waals surface area contributed by atoms with Gasteiger partial charge >= 0.3 is 0 Å². The maximum atomic E-state index is 4.30. The first-order chi connectivity index (χ1) is 6.34. The van der Waals surface area contributed by atoms with Gasteiger partial charge in [-0.05, 0) is 44.3 Å². The number of hydrogen-bond acceptors (Lipinski definition) is 2. The summed E-state index contributed by atoms with van der Waals surface area (Å²) in [7, 11) is 0. The molecule has 1 atom stereocenters. The number of nitrogens with one attached hydrogen (secondary N) is 1. The van der Waals surface area contributed by atoms with Gasteiger partial charge < -0.3 is 5.32 Å². The first-order valence-electron chi connectivity index (χ1n) is 5.04. The van der Waals surface area contributed by atoms with E-state index < -0.39 is 0 Å². The lowest BCUT2D eigenvalue weighted by Gasteiger charge is -2.22. The fourth-order valence-electron chi connectivity index (χ4n) is 1.91. The van der Waals surface area contributed by atoms with Crippen LogP contribution >= 0.6 is 12.4 Å². The van der Waals surface area contributed by atoms with Crippen molar-refractivity contribution in [3.05, 3.63) is 18.0 Å². The van der Waals surface area contributed by atoms with Crippen LogP contribution in [0.5, 0.6) is 0 Å². The van der Waals surface area contributed by atoms with Crippen molar-refractivity contribution in [1.29, 1.82) is 0 Å². The summed E-state index contributed by atoms with van der Waals surface area (Å²) in [5, 5.41) is 7.72. The molecule has 1 N–H and O–H groups in total. The van der Waals surface area contributed by atoms with E-state index in [0.717, 1.165) is 19.0 Å². The lowest BCUT2D eigenvalue weighted by atomic mass is 10.00. The Bertz CT molecular complexity index is 266. The third-order valence-corrected chi connectivity index (χ3v) is 2.61. The zero-order chi connectivity index (χ0) is 9.10. The van der Waals surface area contributed by atoms with E-state index in [-0.39, 0.29) is 12.4 Å². The average Bonchev–Trinajstić information content (AvgIpc) is 2.53. The molecule has 1 saturated heterocycles. The molecule has 1 fully saturated rings. The summed E-state index contributed by atoms with van der Waals surface area (Å²) in [6.07, 6.45) is 6.70. The molecule has 1 unspecified atom stereocenters. The zero-order valence-electron chi connectivity index (χ0n) is 8.57. The highest BCUT2D eigenvalue weighted by Gasteiger charge is 2.13. The van der Waals surface area contributed by atoms with E-state index in [2.05, 4.69) is 28.2 Å². The number of hydrogen-bond donors (Lipinski definition) is 1. The first kappa shape index (κ1) is 11.5. The predicted molar refractivity (Wildman–Crippen MR) is 59.8 cm³/mol. The van der Waals surface area contributed by atoms with Crippen LogP contribution in [0.1, 0.15) is 18.4 Å².